The van der Waals surface area contributed by atoms with Gasteiger partial charge in [-0.15, -0.1) is 0 Å². The normalized spacial score (nSPS) is 25.6. The molecule has 1 aliphatic carbocycles. The van der Waals surface area contributed by atoms with E-state index < -0.39 is 5.82 Å². The van der Waals surface area contributed by atoms with Gasteiger partial charge in [0, 0.05) is 12.2 Å². The Labute approximate surface area is 85.9 Å². The van der Waals surface area contributed by atoms with Crippen molar-refractivity contribution in [1.29, 1.82) is 0 Å². The highest BCUT2D eigenvalue weighted by molar-refractivity contribution is 6.30. The number of nitrogens with one attached hydrogen (secondary N) is 1. The molecule has 1 heterocycles. The molecular weight excluding hydrogens is 207 g/mol. The molecule has 2 N–H and O–H groups in total. The summed E-state index contributed by atoms with van der Waals surface area (Å²) in [5, 5.41) is 12.2. The molecule has 1 aromatic heterocycles. The van der Waals surface area contributed by atoms with Crippen molar-refractivity contribution in [2.75, 3.05) is 5.32 Å². The molecule has 1 aromatic rings. The molecule has 1 aliphatic rings. The molecule has 1 fully saturated rings. The first-order chi connectivity index (χ1) is 6.65. The summed E-state index contributed by atoms with van der Waals surface area (Å²) < 4.78 is 13.2. The standard InChI is InChI=1S/C9H10ClFN2O/c10-5-1-8(11)9(12-4-5)13-6-2-7(14)3-6/h1,4,6-7,14H,2-3H2,(H,12,13). The summed E-state index contributed by atoms with van der Waals surface area (Å²) in [4.78, 5) is 3.82. The van der Waals surface area contributed by atoms with Crippen LogP contribution in [0, 0.1) is 5.82 Å². The summed E-state index contributed by atoms with van der Waals surface area (Å²) in [6.07, 6.45) is 2.41. The minimum absolute atomic E-state index is 0.119. The highest BCUT2D eigenvalue weighted by atomic mass is 35.5. The Kier molecular flexibility index (Phi) is 2.56. The van der Waals surface area contributed by atoms with Crippen LogP contribution in [0.4, 0.5) is 10.2 Å². The summed E-state index contributed by atoms with van der Waals surface area (Å²) in [6.45, 7) is 0. The molecule has 0 atom stereocenters. The van der Waals surface area contributed by atoms with E-state index in [1.807, 2.05) is 0 Å². The van der Waals surface area contributed by atoms with Crippen LogP contribution < -0.4 is 5.32 Å². The van der Waals surface area contributed by atoms with E-state index in [1.165, 1.54) is 12.3 Å². The monoisotopic (exact) mass is 216 g/mol. The highest BCUT2D eigenvalue weighted by Crippen LogP contribution is 2.25. The van der Waals surface area contributed by atoms with Crippen molar-refractivity contribution in [1.82, 2.24) is 4.98 Å². The molecular formula is C9H10ClFN2O. The zero-order valence-corrected chi connectivity index (χ0v) is 8.13. The third-order valence-electron chi connectivity index (χ3n) is 2.26. The summed E-state index contributed by atoms with van der Waals surface area (Å²) in [6, 6.07) is 1.33. The van der Waals surface area contributed by atoms with Gasteiger partial charge in [-0.3, -0.25) is 0 Å². The Balaban J connectivity index is 2.02. The van der Waals surface area contributed by atoms with Gasteiger partial charge in [-0.25, -0.2) is 9.37 Å². The van der Waals surface area contributed by atoms with Gasteiger partial charge in [0.15, 0.2) is 11.6 Å². The minimum Gasteiger partial charge on any atom is -0.393 e. The fourth-order valence-corrected chi connectivity index (χ4v) is 1.56. The topological polar surface area (TPSA) is 45.1 Å². The quantitative estimate of drug-likeness (QED) is 0.793. The smallest absolute Gasteiger partial charge is 0.166 e. The van der Waals surface area contributed by atoms with Crippen LogP contribution in [0.2, 0.25) is 5.02 Å². The van der Waals surface area contributed by atoms with Crippen LogP contribution in [0.3, 0.4) is 0 Å². The van der Waals surface area contributed by atoms with E-state index in [4.69, 9.17) is 16.7 Å². The number of pyridine rings is 1. The van der Waals surface area contributed by atoms with Crippen molar-refractivity contribution in [3.63, 3.8) is 0 Å². The largest absolute Gasteiger partial charge is 0.393 e. The maximum Gasteiger partial charge on any atom is 0.166 e. The molecule has 14 heavy (non-hydrogen) atoms. The number of hydrogen-bond acceptors (Lipinski definition) is 3. The van der Waals surface area contributed by atoms with Crippen molar-refractivity contribution >= 4 is 17.4 Å². The molecule has 0 saturated heterocycles. The number of halogens is 2. The van der Waals surface area contributed by atoms with E-state index in [-0.39, 0.29) is 23.0 Å². The summed E-state index contributed by atoms with van der Waals surface area (Å²) >= 11 is 5.55. The second-order valence-corrected chi connectivity index (χ2v) is 3.89. The van der Waals surface area contributed by atoms with Crippen LogP contribution >= 0.6 is 11.6 Å². The van der Waals surface area contributed by atoms with Gasteiger partial charge in [-0.1, -0.05) is 11.6 Å². The van der Waals surface area contributed by atoms with Crippen LogP contribution in [0.15, 0.2) is 12.3 Å². The highest BCUT2D eigenvalue weighted by Gasteiger charge is 2.27. The Morgan fingerprint density at radius 2 is 2.29 bits per heavy atom. The molecule has 0 unspecified atom stereocenters. The van der Waals surface area contributed by atoms with E-state index in [0.29, 0.717) is 12.8 Å². The number of nitrogens with zero attached hydrogens (tertiary/aromatic N) is 1. The summed E-state index contributed by atoms with van der Waals surface area (Å²) in [7, 11) is 0. The maximum atomic E-state index is 13.2. The molecule has 0 amide bonds. The van der Waals surface area contributed by atoms with Crippen molar-refractivity contribution in [2.45, 2.75) is 25.0 Å². The van der Waals surface area contributed by atoms with Crippen molar-refractivity contribution in [2.24, 2.45) is 0 Å². The number of anilines is 1. The van der Waals surface area contributed by atoms with Crippen LogP contribution in [0.25, 0.3) is 0 Å². The third kappa shape index (κ3) is 1.96. The number of aromatic nitrogens is 1. The van der Waals surface area contributed by atoms with Gasteiger partial charge in [0.2, 0.25) is 0 Å². The molecule has 0 spiro atoms. The lowest BCUT2D eigenvalue weighted by Crippen LogP contribution is -2.39. The van der Waals surface area contributed by atoms with Crippen molar-refractivity contribution < 1.29 is 9.50 Å². The second-order valence-electron chi connectivity index (χ2n) is 3.45. The van der Waals surface area contributed by atoms with E-state index in [0.717, 1.165) is 0 Å². The molecule has 0 aliphatic heterocycles. The fourth-order valence-electron chi connectivity index (χ4n) is 1.42. The van der Waals surface area contributed by atoms with Crippen molar-refractivity contribution in [3.8, 4) is 0 Å². The average Bonchev–Trinajstić information content (AvgIpc) is 2.06. The molecule has 5 heteroatoms. The van der Waals surface area contributed by atoms with Crippen LogP contribution in [-0.4, -0.2) is 22.2 Å². The number of aliphatic hydroxyl groups excluding tert-OH is 1. The van der Waals surface area contributed by atoms with E-state index in [2.05, 4.69) is 10.3 Å². The minimum atomic E-state index is -0.459. The van der Waals surface area contributed by atoms with Crippen LogP contribution in [0.5, 0.6) is 0 Å². The number of rotatable bonds is 2. The van der Waals surface area contributed by atoms with Gasteiger partial charge in [-0.2, -0.15) is 0 Å². The molecule has 2 rings (SSSR count). The van der Waals surface area contributed by atoms with Gasteiger partial charge in [-0.05, 0) is 18.9 Å². The van der Waals surface area contributed by atoms with Gasteiger partial charge >= 0.3 is 0 Å². The Bertz CT molecular complexity index is 342. The molecule has 0 bridgehead atoms. The first kappa shape index (κ1) is 9.68. The predicted octanol–water partition coefficient (Wildman–Crippen LogP) is 1.81. The average molecular weight is 217 g/mol. The molecule has 0 radical (unpaired) electrons. The summed E-state index contributed by atoms with van der Waals surface area (Å²) in [5.41, 5.74) is 0. The molecule has 3 nitrogen and oxygen atoms in total. The van der Waals surface area contributed by atoms with Crippen LogP contribution in [0.1, 0.15) is 12.8 Å². The lowest BCUT2D eigenvalue weighted by atomic mass is 9.89. The van der Waals surface area contributed by atoms with E-state index in [1.54, 1.807) is 0 Å². The number of aliphatic hydroxyl groups is 1. The van der Waals surface area contributed by atoms with Gasteiger partial charge in [0.05, 0.1) is 11.1 Å². The van der Waals surface area contributed by atoms with Crippen molar-refractivity contribution in [3.05, 3.63) is 23.1 Å². The Hall–Kier alpha value is -0.870. The predicted molar refractivity (Wildman–Crippen MR) is 51.9 cm³/mol. The van der Waals surface area contributed by atoms with E-state index in [9.17, 15) is 4.39 Å². The summed E-state index contributed by atoms with van der Waals surface area (Å²) in [5.74, 6) is -0.259. The Morgan fingerprint density at radius 3 is 2.86 bits per heavy atom. The van der Waals surface area contributed by atoms with Gasteiger partial charge < -0.3 is 10.4 Å². The SMILES string of the molecule is OC1CC(Nc2ncc(Cl)cc2F)C1. The first-order valence-electron chi connectivity index (χ1n) is 4.41. The number of hydrogen-bond donors (Lipinski definition) is 2. The molecule has 76 valence electrons. The first-order valence-corrected chi connectivity index (χ1v) is 4.78. The van der Waals surface area contributed by atoms with E-state index >= 15 is 0 Å². The maximum absolute atomic E-state index is 13.2. The third-order valence-corrected chi connectivity index (χ3v) is 2.47. The van der Waals surface area contributed by atoms with Gasteiger partial charge in [0.25, 0.3) is 0 Å². The second kappa shape index (κ2) is 3.71. The zero-order chi connectivity index (χ0) is 10.1. The lowest BCUT2D eigenvalue weighted by molar-refractivity contribution is 0.0834. The molecule has 1 saturated carbocycles. The van der Waals surface area contributed by atoms with Gasteiger partial charge in [0.1, 0.15) is 0 Å². The Morgan fingerprint density at radius 1 is 1.57 bits per heavy atom. The lowest BCUT2D eigenvalue weighted by Gasteiger charge is -2.32. The van der Waals surface area contributed by atoms with Crippen LogP contribution in [-0.2, 0) is 0 Å². The molecule has 0 aromatic carbocycles. The fraction of sp³-hybridized carbons (Fsp3) is 0.444. The zero-order valence-electron chi connectivity index (χ0n) is 7.37.